The van der Waals surface area contributed by atoms with Crippen LogP contribution in [0.15, 0.2) is 54.7 Å². The van der Waals surface area contributed by atoms with Crippen molar-refractivity contribution < 1.29 is 4.79 Å². The van der Waals surface area contributed by atoms with Crippen molar-refractivity contribution in [3.05, 3.63) is 71.4 Å². The van der Waals surface area contributed by atoms with Crippen molar-refractivity contribution in [2.75, 3.05) is 14.1 Å². The number of rotatable bonds is 5. The fraction of sp³-hybridized carbons (Fsp3) is 0.250. The molecule has 0 saturated heterocycles. The maximum Gasteiger partial charge on any atom is 0.242 e. The highest BCUT2D eigenvalue weighted by atomic mass is 16.2. The van der Waals surface area contributed by atoms with Gasteiger partial charge in [-0.05, 0) is 44.3 Å². The quantitative estimate of drug-likeness (QED) is 0.757. The van der Waals surface area contributed by atoms with E-state index in [1.165, 1.54) is 0 Å². The topological polar surface area (TPSA) is 48.1 Å². The van der Waals surface area contributed by atoms with Gasteiger partial charge in [0.1, 0.15) is 6.04 Å². The van der Waals surface area contributed by atoms with Crippen LogP contribution in [0.1, 0.15) is 22.7 Å². The fourth-order valence-corrected chi connectivity index (χ4v) is 3.11. The second-order valence-electron chi connectivity index (χ2n) is 6.35. The summed E-state index contributed by atoms with van der Waals surface area (Å²) in [5.74, 6) is 0.0122. The molecule has 1 heterocycles. The van der Waals surface area contributed by atoms with Crippen LogP contribution >= 0.6 is 0 Å². The Bertz CT molecular complexity index is 851. The summed E-state index contributed by atoms with van der Waals surface area (Å²) in [5.41, 5.74) is 4.37. The predicted octanol–water partition coefficient (Wildman–Crippen LogP) is 3.40. The Morgan fingerprint density at radius 1 is 1.17 bits per heavy atom. The van der Waals surface area contributed by atoms with E-state index in [2.05, 4.69) is 16.4 Å². The molecule has 0 aliphatic rings. The molecule has 24 heavy (non-hydrogen) atoms. The van der Waals surface area contributed by atoms with Gasteiger partial charge in [-0.1, -0.05) is 42.0 Å². The standard InChI is InChI=1S/C20H23N3O/c1-14-6-4-7-15(12-14)19(23(2)3)20(24)22-13-16-8-5-9-18-17(16)10-11-21-18/h4-12,19,21H,13H2,1-3H3,(H,22,24)/t19-/m1/s1. The molecular formula is C20H23N3O. The molecule has 1 amide bonds. The SMILES string of the molecule is Cc1cccc([C@H](C(=O)NCc2cccc3[nH]ccc23)N(C)C)c1. The maximum absolute atomic E-state index is 12.8. The molecule has 0 aliphatic carbocycles. The molecule has 1 aromatic heterocycles. The predicted molar refractivity (Wildman–Crippen MR) is 97.8 cm³/mol. The molecule has 2 N–H and O–H groups in total. The molecule has 3 rings (SSSR count). The highest BCUT2D eigenvalue weighted by Gasteiger charge is 2.22. The number of aryl methyl sites for hydroxylation is 1. The van der Waals surface area contributed by atoms with Gasteiger partial charge in [0, 0.05) is 23.6 Å². The average Bonchev–Trinajstić information content (AvgIpc) is 3.02. The van der Waals surface area contributed by atoms with E-state index in [1.54, 1.807) is 0 Å². The van der Waals surface area contributed by atoms with Gasteiger partial charge in [-0.2, -0.15) is 0 Å². The zero-order valence-corrected chi connectivity index (χ0v) is 14.3. The molecule has 4 heteroatoms. The van der Waals surface area contributed by atoms with Crippen molar-refractivity contribution in [3.63, 3.8) is 0 Å². The van der Waals surface area contributed by atoms with Crippen molar-refractivity contribution in [1.29, 1.82) is 0 Å². The first-order chi connectivity index (χ1) is 11.6. The summed E-state index contributed by atoms with van der Waals surface area (Å²) in [7, 11) is 3.86. The first kappa shape index (κ1) is 16.3. The number of nitrogens with one attached hydrogen (secondary N) is 2. The number of aromatic nitrogens is 1. The van der Waals surface area contributed by atoms with Gasteiger partial charge in [-0.25, -0.2) is 0 Å². The summed E-state index contributed by atoms with van der Waals surface area (Å²) in [5, 5.41) is 4.23. The molecule has 4 nitrogen and oxygen atoms in total. The van der Waals surface area contributed by atoms with E-state index in [0.29, 0.717) is 6.54 Å². The highest BCUT2D eigenvalue weighted by molar-refractivity contribution is 5.85. The number of hydrogen-bond acceptors (Lipinski definition) is 2. The summed E-state index contributed by atoms with van der Waals surface area (Å²) < 4.78 is 0. The summed E-state index contributed by atoms with van der Waals surface area (Å²) in [4.78, 5) is 17.9. The number of likely N-dealkylation sites (N-methyl/N-ethyl adjacent to an activating group) is 1. The van der Waals surface area contributed by atoms with Gasteiger partial charge in [-0.15, -0.1) is 0 Å². The summed E-state index contributed by atoms with van der Waals surface area (Å²) >= 11 is 0. The van der Waals surface area contributed by atoms with Crippen LogP contribution in [0.3, 0.4) is 0 Å². The number of benzene rings is 2. The van der Waals surface area contributed by atoms with E-state index in [1.807, 2.05) is 74.6 Å². The zero-order chi connectivity index (χ0) is 17.1. The maximum atomic E-state index is 12.8. The van der Waals surface area contributed by atoms with Crippen LogP contribution in [0.5, 0.6) is 0 Å². The summed E-state index contributed by atoms with van der Waals surface area (Å²) in [6.07, 6.45) is 1.92. The van der Waals surface area contributed by atoms with E-state index in [0.717, 1.165) is 27.6 Å². The Balaban J connectivity index is 1.78. The van der Waals surface area contributed by atoms with Crippen LogP contribution in [0.25, 0.3) is 10.9 Å². The first-order valence-corrected chi connectivity index (χ1v) is 8.12. The smallest absolute Gasteiger partial charge is 0.242 e. The van der Waals surface area contributed by atoms with Crippen LogP contribution in [0.2, 0.25) is 0 Å². The largest absolute Gasteiger partial charge is 0.361 e. The molecule has 0 aliphatic heterocycles. The number of fused-ring (bicyclic) bond motifs is 1. The van der Waals surface area contributed by atoms with Crippen LogP contribution in [-0.4, -0.2) is 29.9 Å². The summed E-state index contributed by atoms with van der Waals surface area (Å²) in [6, 6.07) is 15.9. The molecule has 3 aromatic rings. The van der Waals surface area contributed by atoms with Gasteiger partial charge < -0.3 is 10.3 Å². The molecule has 0 radical (unpaired) electrons. The average molecular weight is 321 g/mol. The third-order valence-electron chi connectivity index (χ3n) is 4.26. The molecular weight excluding hydrogens is 298 g/mol. The van der Waals surface area contributed by atoms with Crippen LogP contribution in [0.4, 0.5) is 0 Å². The lowest BCUT2D eigenvalue weighted by Gasteiger charge is -2.24. The second kappa shape index (κ2) is 6.89. The van der Waals surface area contributed by atoms with E-state index >= 15 is 0 Å². The van der Waals surface area contributed by atoms with Gasteiger partial charge in [0.25, 0.3) is 0 Å². The van der Waals surface area contributed by atoms with Crippen molar-refractivity contribution >= 4 is 16.8 Å². The van der Waals surface area contributed by atoms with Crippen molar-refractivity contribution in [3.8, 4) is 0 Å². The van der Waals surface area contributed by atoms with E-state index in [4.69, 9.17) is 0 Å². The minimum atomic E-state index is -0.296. The van der Waals surface area contributed by atoms with Crippen molar-refractivity contribution in [2.45, 2.75) is 19.5 Å². The number of hydrogen-bond donors (Lipinski definition) is 2. The second-order valence-corrected chi connectivity index (χ2v) is 6.35. The number of nitrogens with zero attached hydrogens (tertiary/aromatic N) is 1. The lowest BCUT2D eigenvalue weighted by atomic mass is 10.0. The molecule has 124 valence electrons. The van der Waals surface area contributed by atoms with Gasteiger partial charge in [0.2, 0.25) is 5.91 Å². The molecule has 0 unspecified atom stereocenters. The van der Waals surface area contributed by atoms with Crippen molar-refractivity contribution in [2.24, 2.45) is 0 Å². The molecule has 0 fully saturated rings. The van der Waals surface area contributed by atoms with Gasteiger partial charge in [-0.3, -0.25) is 9.69 Å². The summed E-state index contributed by atoms with van der Waals surface area (Å²) in [6.45, 7) is 2.56. The fourth-order valence-electron chi connectivity index (χ4n) is 3.11. The Morgan fingerprint density at radius 3 is 2.71 bits per heavy atom. The van der Waals surface area contributed by atoms with Gasteiger partial charge in [0.05, 0.1) is 0 Å². The third-order valence-corrected chi connectivity index (χ3v) is 4.26. The van der Waals surface area contributed by atoms with Gasteiger partial charge in [0.15, 0.2) is 0 Å². The molecule has 0 bridgehead atoms. The van der Waals surface area contributed by atoms with Crippen LogP contribution in [0, 0.1) is 6.92 Å². The number of aromatic amines is 1. The monoisotopic (exact) mass is 321 g/mol. The minimum Gasteiger partial charge on any atom is -0.361 e. The number of carbonyl (C=O) groups excluding carboxylic acids is 1. The number of H-pyrrole nitrogens is 1. The lowest BCUT2D eigenvalue weighted by molar-refractivity contribution is -0.125. The zero-order valence-electron chi connectivity index (χ0n) is 14.3. The molecule has 1 atom stereocenters. The van der Waals surface area contributed by atoms with E-state index in [9.17, 15) is 4.79 Å². The molecule has 2 aromatic carbocycles. The Hall–Kier alpha value is -2.59. The van der Waals surface area contributed by atoms with Crippen LogP contribution in [-0.2, 0) is 11.3 Å². The lowest BCUT2D eigenvalue weighted by Crippen LogP contribution is -2.36. The molecule has 0 spiro atoms. The van der Waals surface area contributed by atoms with E-state index < -0.39 is 0 Å². The minimum absolute atomic E-state index is 0.0122. The first-order valence-electron chi connectivity index (χ1n) is 8.12. The highest BCUT2D eigenvalue weighted by Crippen LogP contribution is 2.21. The van der Waals surface area contributed by atoms with Gasteiger partial charge >= 0.3 is 0 Å². The number of amides is 1. The Morgan fingerprint density at radius 2 is 1.96 bits per heavy atom. The van der Waals surface area contributed by atoms with E-state index in [-0.39, 0.29) is 11.9 Å². The molecule has 0 saturated carbocycles. The van der Waals surface area contributed by atoms with Crippen LogP contribution < -0.4 is 5.32 Å². The Kier molecular flexibility index (Phi) is 4.67. The third kappa shape index (κ3) is 3.34. The van der Waals surface area contributed by atoms with Crippen molar-refractivity contribution in [1.82, 2.24) is 15.2 Å². The normalized spacial score (nSPS) is 12.5. The Labute approximate surface area is 142 Å². The number of carbonyl (C=O) groups is 1.